The quantitative estimate of drug-likeness (QED) is 0.652. The second kappa shape index (κ2) is 8.22. The van der Waals surface area contributed by atoms with Crippen LogP contribution in [-0.4, -0.2) is 13.4 Å². The van der Waals surface area contributed by atoms with Gasteiger partial charge in [-0.15, -0.1) is 0 Å². The average Bonchev–Trinajstić information content (AvgIpc) is 2.69. The molecule has 1 N–H and O–H groups in total. The summed E-state index contributed by atoms with van der Waals surface area (Å²) in [5.74, 6) is 0. The van der Waals surface area contributed by atoms with E-state index in [0.717, 1.165) is 11.1 Å². The van der Waals surface area contributed by atoms with Crippen molar-refractivity contribution < 1.29 is 9.53 Å². The lowest BCUT2D eigenvalue weighted by Crippen LogP contribution is -2.66. The minimum atomic E-state index is -2.50. The molecule has 0 aliphatic rings. The molecule has 3 heteroatoms. The highest BCUT2D eigenvalue weighted by molar-refractivity contribution is 6.99. The highest BCUT2D eigenvalue weighted by atomic mass is 28.4. The van der Waals surface area contributed by atoms with Gasteiger partial charge in [0.25, 0.3) is 8.32 Å². The topological polar surface area (TPSA) is 29.5 Å². The fourth-order valence-corrected chi connectivity index (χ4v) is 8.23. The van der Waals surface area contributed by atoms with Crippen LogP contribution in [0.3, 0.4) is 0 Å². The first-order valence-corrected chi connectivity index (χ1v) is 11.3. The van der Waals surface area contributed by atoms with Crippen LogP contribution in [0.15, 0.2) is 84.9 Å². The Morgan fingerprint density at radius 3 is 1.56 bits per heavy atom. The Labute approximate surface area is 163 Å². The monoisotopic (exact) mass is 376 g/mol. The maximum Gasteiger partial charge on any atom is 0.261 e. The number of hydrogen-bond donors (Lipinski definition) is 1. The summed E-state index contributed by atoms with van der Waals surface area (Å²) in [7, 11) is -2.50. The first-order chi connectivity index (χ1) is 13.0. The Morgan fingerprint density at radius 2 is 1.15 bits per heavy atom. The summed E-state index contributed by atoms with van der Waals surface area (Å²) in [5, 5.41) is 11.8. The van der Waals surface area contributed by atoms with Crippen molar-refractivity contribution in [3.05, 3.63) is 96.1 Å². The van der Waals surface area contributed by atoms with Gasteiger partial charge in [0, 0.05) is 0 Å². The molecule has 0 spiro atoms. The number of benzene rings is 3. The van der Waals surface area contributed by atoms with Gasteiger partial charge in [-0.25, -0.2) is 0 Å². The normalized spacial score (nSPS) is 12.1. The van der Waals surface area contributed by atoms with Crippen LogP contribution in [0.2, 0.25) is 5.04 Å². The second-order valence-corrected chi connectivity index (χ2v) is 12.2. The molecule has 0 atom stereocenters. The van der Waals surface area contributed by atoms with Crippen molar-refractivity contribution in [3.63, 3.8) is 0 Å². The van der Waals surface area contributed by atoms with Crippen molar-refractivity contribution in [2.45, 2.75) is 39.0 Å². The zero-order valence-corrected chi connectivity index (χ0v) is 17.4. The predicted octanol–water partition coefficient (Wildman–Crippen LogP) is 4.26. The zero-order chi connectivity index (χ0) is 19.3. The first kappa shape index (κ1) is 19.6. The predicted molar refractivity (Wildman–Crippen MR) is 115 cm³/mol. The average molecular weight is 377 g/mol. The Balaban J connectivity index is 2.05. The highest BCUT2D eigenvalue weighted by Gasteiger charge is 2.50. The van der Waals surface area contributed by atoms with E-state index in [9.17, 15) is 5.11 Å². The zero-order valence-electron chi connectivity index (χ0n) is 16.4. The first-order valence-electron chi connectivity index (χ1n) is 9.41. The fraction of sp³-hybridized carbons (Fsp3) is 0.250. The van der Waals surface area contributed by atoms with Crippen LogP contribution in [0.4, 0.5) is 0 Å². The van der Waals surface area contributed by atoms with E-state index in [2.05, 4.69) is 81.4 Å². The molecule has 0 saturated carbocycles. The summed E-state index contributed by atoms with van der Waals surface area (Å²) in [6.45, 7) is 7.48. The van der Waals surface area contributed by atoms with Gasteiger partial charge < -0.3 is 9.53 Å². The summed E-state index contributed by atoms with van der Waals surface area (Å²) < 4.78 is 6.90. The van der Waals surface area contributed by atoms with Crippen LogP contribution in [0.1, 0.15) is 31.9 Å². The summed E-state index contributed by atoms with van der Waals surface area (Å²) in [6, 6.07) is 29.4. The van der Waals surface area contributed by atoms with Crippen LogP contribution < -0.4 is 10.4 Å². The number of hydrogen-bond acceptors (Lipinski definition) is 2. The summed E-state index contributed by atoms with van der Waals surface area (Å²) in [6.07, 6.45) is 0. The van der Waals surface area contributed by atoms with E-state index >= 15 is 0 Å². The molecule has 0 saturated heterocycles. The molecule has 0 bridgehead atoms. The molecule has 0 aromatic heterocycles. The summed E-state index contributed by atoms with van der Waals surface area (Å²) >= 11 is 0. The van der Waals surface area contributed by atoms with Gasteiger partial charge in [0.05, 0.1) is 13.2 Å². The summed E-state index contributed by atoms with van der Waals surface area (Å²) in [4.78, 5) is 0. The molecule has 0 radical (unpaired) electrons. The molecule has 0 unspecified atom stereocenters. The van der Waals surface area contributed by atoms with Crippen LogP contribution in [-0.2, 0) is 17.6 Å². The largest absolute Gasteiger partial charge is 0.403 e. The lowest BCUT2D eigenvalue weighted by molar-refractivity contribution is 0.280. The van der Waals surface area contributed by atoms with E-state index in [1.165, 1.54) is 10.4 Å². The van der Waals surface area contributed by atoms with Crippen molar-refractivity contribution in [2.24, 2.45) is 0 Å². The number of aliphatic hydroxyl groups excluding tert-OH is 1. The van der Waals surface area contributed by atoms with Crippen LogP contribution in [0.5, 0.6) is 0 Å². The number of rotatable bonds is 6. The Kier molecular flexibility index (Phi) is 5.95. The molecule has 0 aliphatic carbocycles. The van der Waals surface area contributed by atoms with Crippen LogP contribution in [0.25, 0.3) is 0 Å². The molecule has 27 heavy (non-hydrogen) atoms. The molecule has 0 fully saturated rings. The number of aliphatic hydroxyl groups is 1. The van der Waals surface area contributed by atoms with Gasteiger partial charge in [-0.2, -0.15) is 0 Å². The third-order valence-electron chi connectivity index (χ3n) is 5.08. The third-order valence-corrected chi connectivity index (χ3v) is 10.1. The van der Waals surface area contributed by atoms with Crippen LogP contribution in [0, 0.1) is 0 Å². The minimum absolute atomic E-state index is 0.0270. The minimum Gasteiger partial charge on any atom is -0.403 e. The van der Waals surface area contributed by atoms with Crippen molar-refractivity contribution in [1.82, 2.24) is 0 Å². The van der Waals surface area contributed by atoms with E-state index < -0.39 is 8.32 Å². The van der Waals surface area contributed by atoms with Gasteiger partial charge in [-0.3, -0.25) is 0 Å². The lowest BCUT2D eigenvalue weighted by Gasteiger charge is -2.43. The second-order valence-electron chi connectivity index (χ2n) is 7.93. The fourth-order valence-electron chi connectivity index (χ4n) is 3.69. The molecular weight excluding hydrogens is 348 g/mol. The van der Waals surface area contributed by atoms with Gasteiger partial charge >= 0.3 is 0 Å². The van der Waals surface area contributed by atoms with E-state index in [-0.39, 0.29) is 11.6 Å². The third kappa shape index (κ3) is 4.06. The Morgan fingerprint density at radius 1 is 0.704 bits per heavy atom. The standard InChI is InChI=1S/C24H28O2Si/c1-24(2,3)27(22-10-6-4-7-11-22,23-12-8-5-9-13-23)26-19-21-16-14-20(18-25)15-17-21/h4-17,25H,18-19H2,1-3H3. The Bertz CT molecular complexity index is 798. The van der Waals surface area contributed by atoms with E-state index in [1.54, 1.807) is 0 Å². The van der Waals surface area contributed by atoms with E-state index in [0.29, 0.717) is 6.61 Å². The van der Waals surface area contributed by atoms with Gasteiger partial charge in [-0.05, 0) is 26.5 Å². The molecule has 0 amide bonds. The van der Waals surface area contributed by atoms with Gasteiger partial charge in [0.1, 0.15) is 0 Å². The van der Waals surface area contributed by atoms with Crippen molar-refractivity contribution in [2.75, 3.05) is 0 Å². The molecule has 2 nitrogen and oxygen atoms in total. The SMILES string of the molecule is CC(C)(C)[Si](OCc1ccc(CO)cc1)(c1ccccc1)c1ccccc1. The molecule has 140 valence electrons. The van der Waals surface area contributed by atoms with Crippen molar-refractivity contribution >= 4 is 18.7 Å². The summed E-state index contributed by atoms with van der Waals surface area (Å²) in [5.41, 5.74) is 2.05. The van der Waals surface area contributed by atoms with E-state index in [4.69, 9.17) is 4.43 Å². The molecule has 3 aromatic rings. The smallest absolute Gasteiger partial charge is 0.261 e. The Hall–Kier alpha value is -2.20. The highest BCUT2D eigenvalue weighted by Crippen LogP contribution is 2.37. The maximum absolute atomic E-state index is 9.27. The molecule has 0 aliphatic heterocycles. The van der Waals surface area contributed by atoms with Crippen molar-refractivity contribution in [3.8, 4) is 0 Å². The van der Waals surface area contributed by atoms with Gasteiger partial charge in [-0.1, -0.05) is 106 Å². The van der Waals surface area contributed by atoms with E-state index in [1.807, 2.05) is 24.3 Å². The van der Waals surface area contributed by atoms with Crippen molar-refractivity contribution in [1.29, 1.82) is 0 Å². The molecule has 3 rings (SSSR count). The maximum atomic E-state index is 9.27. The van der Waals surface area contributed by atoms with Gasteiger partial charge in [0.15, 0.2) is 0 Å². The molecule has 3 aromatic carbocycles. The molecule has 0 heterocycles. The lowest BCUT2D eigenvalue weighted by atomic mass is 10.1. The van der Waals surface area contributed by atoms with Crippen LogP contribution >= 0.6 is 0 Å². The van der Waals surface area contributed by atoms with Gasteiger partial charge in [0.2, 0.25) is 0 Å². The molecular formula is C24H28O2Si.